The average molecular weight is 463 g/mol. The molecule has 1 unspecified atom stereocenters. The van der Waals surface area contributed by atoms with Crippen LogP contribution in [0.1, 0.15) is 123 Å². The van der Waals surface area contributed by atoms with Crippen LogP contribution in [0.3, 0.4) is 0 Å². The highest BCUT2D eigenvalue weighted by Gasteiger charge is 2.48. The molecule has 34 heavy (non-hydrogen) atoms. The van der Waals surface area contributed by atoms with E-state index in [0.717, 1.165) is 23.7 Å². The molecule has 0 nitrogen and oxygen atoms in total. The van der Waals surface area contributed by atoms with E-state index in [9.17, 15) is 0 Å². The first kappa shape index (κ1) is 27.3. The summed E-state index contributed by atoms with van der Waals surface area (Å²) < 4.78 is 0. The molecule has 0 aliphatic heterocycles. The number of hydrogen-bond donors (Lipinski definition) is 0. The molecule has 1 aromatic carbocycles. The normalized spacial score (nSPS) is 31.2. The van der Waals surface area contributed by atoms with E-state index in [-0.39, 0.29) is 5.41 Å². The molecule has 1 aromatic rings. The van der Waals surface area contributed by atoms with Gasteiger partial charge in [0.05, 0.1) is 0 Å². The molecule has 0 heteroatoms. The quantitative estimate of drug-likeness (QED) is 0.291. The Labute approximate surface area is 212 Å². The zero-order valence-electron chi connectivity index (χ0n) is 23.5. The van der Waals surface area contributed by atoms with E-state index < -0.39 is 0 Å². The molecule has 4 rings (SSSR count). The Hall–Kier alpha value is -1.30. The van der Waals surface area contributed by atoms with Crippen molar-refractivity contribution >= 4 is 0 Å². The standard InChI is InChI=1S/C23H38.C11H16/c1-4-6-7-10-18-12-14-20(15-13-18)22-17-19(5-2)21-11-8-9-16-23(21,22)3;1-9-5-7-10(8-6-9)11(2,3)4/h4,17-21H,1,5-16H2,2-3H3;5-8H,1-4H3/t18?,19-,20?,21?,23+;/m0./s1. The minimum Gasteiger partial charge on any atom is -0.103 e. The van der Waals surface area contributed by atoms with Crippen molar-refractivity contribution in [2.24, 2.45) is 29.1 Å². The van der Waals surface area contributed by atoms with Crippen LogP contribution in [0.4, 0.5) is 0 Å². The third kappa shape index (κ3) is 6.67. The Kier molecular flexibility index (Phi) is 9.71. The summed E-state index contributed by atoms with van der Waals surface area (Å²) in [6, 6.07) is 8.74. The number of allylic oxidation sites excluding steroid dienone is 3. The number of aryl methyl sites for hydroxylation is 1. The fourth-order valence-electron chi connectivity index (χ4n) is 7.31. The van der Waals surface area contributed by atoms with Crippen LogP contribution < -0.4 is 0 Å². The zero-order valence-corrected chi connectivity index (χ0v) is 23.5. The third-order valence-corrected chi connectivity index (χ3v) is 9.55. The van der Waals surface area contributed by atoms with Gasteiger partial charge in [0, 0.05) is 0 Å². The van der Waals surface area contributed by atoms with Crippen molar-refractivity contribution in [3.8, 4) is 0 Å². The highest BCUT2D eigenvalue weighted by Crippen LogP contribution is 2.59. The maximum atomic E-state index is 3.86. The van der Waals surface area contributed by atoms with Gasteiger partial charge in [-0.2, -0.15) is 0 Å². The Balaban J connectivity index is 0.000000248. The lowest BCUT2D eigenvalue weighted by molar-refractivity contribution is 0.122. The minimum absolute atomic E-state index is 0.285. The number of unbranched alkanes of at least 4 members (excludes halogenated alkanes) is 1. The average Bonchev–Trinajstić information content (AvgIpc) is 3.12. The predicted molar refractivity (Wildman–Crippen MR) is 151 cm³/mol. The van der Waals surface area contributed by atoms with Crippen molar-refractivity contribution in [2.45, 2.75) is 124 Å². The van der Waals surface area contributed by atoms with Crippen molar-refractivity contribution in [3.63, 3.8) is 0 Å². The van der Waals surface area contributed by atoms with Crippen LogP contribution in [-0.4, -0.2) is 0 Å². The molecule has 3 atom stereocenters. The van der Waals surface area contributed by atoms with Gasteiger partial charge in [-0.25, -0.2) is 0 Å². The summed E-state index contributed by atoms with van der Waals surface area (Å²) in [5.41, 5.74) is 5.51. The van der Waals surface area contributed by atoms with E-state index >= 15 is 0 Å². The first-order chi connectivity index (χ1) is 16.2. The van der Waals surface area contributed by atoms with E-state index in [1.54, 1.807) is 0 Å². The highest BCUT2D eigenvalue weighted by molar-refractivity contribution is 5.28. The van der Waals surface area contributed by atoms with Crippen LogP contribution >= 0.6 is 0 Å². The summed E-state index contributed by atoms with van der Waals surface area (Å²) >= 11 is 0. The monoisotopic (exact) mass is 462 g/mol. The Morgan fingerprint density at radius 1 is 1.00 bits per heavy atom. The van der Waals surface area contributed by atoms with Gasteiger partial charge in [0.25, 0.3) is 0 Å². The maximum absolute atomic E-state index is 3.86. The number of benzene rings is 1. The van der Waals surface area contributed by atoms with Crippen molar-refractivity contribution in [1.82, 2.24) is 0 Å². The Bertz CT molecular complexity index is 780. The fraction of sp³-hybridized carbons (Fsp3) is 0.706. The molecule has 2 saturated carbocycles. The molecule has 0 amide bonds. The summed E-state index contributed by atoms with van der Waals surface area (Å²) in [4.78, 5) is 0. The van der Waals surface area contributed by atoms with Gasteiger partial charge in [0.2, 0.25) is 0 Å². The lowest BCUT2D eigenvalue weighted by atomic mass is 9.60. The van der Waals surface area contributed by atoms with Gasteiger partial charge in [-0.15, -0.1) is 6.58 Å². The lowest BCUT2D eigenvalue weighted by Crippen LogP contribution is -2.34. The van der Waals surface area contributed by atoms with Crippen LogP contribution in [0.25, 0.3) is 0 Å². The second-order valence-corrected chi connectivity index (χ2v) is 13.0. The van der Waals surface area contributed by atoms with Crippen molar-refractivity contribution in [3.05, 3.63) is 59.7 Å². The molecule has 3 aliphatic carbocycles. The van der Waals surface area contributed by atoms with Crippen molar-refractivity contribution < 1.29 is 0 Å². The number of fused-ring (bicyclic) bond motifs is 1. The molecule has 0 heterocycles. The van der Waals surface area contributed by atoms with Crippen molar-refractivity contribution in [1.29, 1.82) is 0 Å². The topological polar surface area (TPSA) is 0 Å². The zero-order chi connectivity index (χ0) is 24.8. The van der Waals surface area contributed by atoms with Crippen LogP contribution in [0.15, 0.2) is 48.6 Å². The molecule has 0 bridgehead atoms. The number of hydrogen-bond acceptors (Lipinski definition) is 0. The van der Waals surface area contributed by atoms with Gasteiger partial charge in [-0.3, -0.25) is 0 Å². The van der Waals surface area contributed by atoms with Crippen LogP contribution in [0, 0.1) is 36.0 Å². The Morgan fingerprint density at radius 3 is 2.26 bits per heavy atom. The summed E-state index contributed by atoms with van der Waals surface area (Å²) in [5.74, 6) is 3.79. The third-order valence-electron chi connectivity index (χ3n) is 9.55. The maximum Gasteiger partial charge on any atom is -0.00797 e. The van der Waals surface area contributed by atoms with E-state index in [1.807, 2.05) is 5.57 Å². The molecular formula is C34H54. The largest absolute Gasteiger partial charge is 0.103 e. The SMILES string of the molecule is C=CCCCC1CCC(C2=C[C@H](CC)C3CCCC[C@@]23C)CC1.Cc1ccc(C(C)(C)C)cc1. The first-order valence-electron chi connectivity index (χ1n) is 14.6. The highest BCUT2D eigenvalue weighted by atomic mass is 14.5. The van der Waals surface area contributed by atoms with E-state index in [1.165, 1.54) is 88.2 Å². The van der Waals surface area contributed by atoms with Gasteiger partial charge in [-0.05, 0) is 105 Å². The van der Waals surface area contributed by atoms with E-state index in [4.69, 9.17) is 0 Å². The lowest BCUT2D eigenvalue weighted by Gasteiger charge is -2.44. The molecule has 0 N–H and O–H groups in total. The van der Waals surface area contributed by atoms with Crippen LogP contribution in [-0.2, 0) is 5.41 Å². The predicted octanol–water partition coefficient (Wildman–Crippen LogP) is 10.6. The molecule has 0 radical (unpaired) electrons. The van der Waals surface area contributed by atoms with Gasteiger partial charge >= 0.3 is 0 Å². The molecule has 2 fully saturated rings. The summed E-state index contributed by atoms with van der Waals surface area (Å²) in [7, 11) is 0. The van der Waals surface area contributed by atoms with Gasteiger partial charge < -0.3 is 0 Å². The summed E-state index contributed by atoms with van der Waals surface area (Å²) in [5, 5.41) is 0. The second-order valence-electron chi connectivity index (χ2n) is 13.0. The van der Waals surface area contributed by atoms with Gasteiger partial charge in [0.15, 0.2) is 0 Å². The summed E-state index contributed by atoms with van der Waals surface area (Å²) in [6.07, 6.45) is 22.1. The fourth-order valence-corrected chi connectivity index (χ4v) is 7.31. The van der Waals surface area contributed by atoms with Crippen molar-refractivity contribution in [2.75, 3.05) is 0 Å². The molecular weight excluding hydrogens is 408 g/mol. The molecule has 3 aliphatic rings. The van der Waals surface area contributed by atoms with E-state index in [2.05, 4.69) is 84.5 Å². The summed E-state index contributed by atoms with van der Waals surface area (Å²) in [6.45, 7) is 17.7. The van der Waals surface area contributed by atoms with Crippen LogP contribution in [0.5, 0.6) is 0 Å². The minimum atomic E-state index is 0.285. The Morgan fingerprint density at radius 2 is 1.68 bits per heavy atom. The van der Waals surface area contributed by atoms with Gasteiger partial charge in [0.1, 0.15) is 0 Å². The number of rotatable bonds is 6. The first-order valence-corrected chi connectivity index (χ1v) is 14.6. The second kappa shape index (κ2) is 12.1. The van der Waals surface area contributed by atoms with E-state index in [0.29, 0.717) is 5.41 Å². The molecule has 0 spiro atoms. The van der Waals surface area contributed by atoms with Gasteiger partial charge in [-0.1, -0.05) is 101 Å². The van der Waals surface area contributed by atoms with Crippen LogP contribution in [0.2, 0.25) is 0 Å². The smallest absolute Gasteiger partial charge is 0.00797 e. The molecule has 190 valence electrons. The molecule has 0 aromatic heterocycles. The molecule has 0 saturated heterocycles.